The van der Waals surface area contributed by atoms with Gasteiger partial charge in [-0.05, 0) is 31.9 Å². The molecule has 0 aliphatic carbocycles. The standard InChI is InChI=1S/C13H19N3O2/c1-2-18-13(17)10-5-6-12(15-9-10)16-7-3-4-11(16)8-14/h5-6,9,11H,2-4,7-8,14H2,1H3. The van der Waals surface area contributed by atoms with Gasteiger partial charge in [0, 0.05) is 25.3 Å². The fourth-order valence-electron chi connectivity index (χ4n) is 2.27. The molecule has 0 bridgehead atoms. The summed E-state index contributed by atoms with van der Waals surface area (Å²) in [5, 5.41) is 0. The third kappa shape index (κ3) is 2.61. The first-order valence-electron chi connectivity index (χ1n) is 6.36. The van der Waals surface area contributed by atoms with Crippen LogP contribution in [-0.2, 0) is 4.74 Å². The maximum atomic E-state index is 11.5. The van der Waals surface area contributed by atoms with Gasteiger partial charge in [0.15, 0.2) is 0 Å². The van der Waals surface area contributed by atoms with E-state index in [0.717, 1.165) is 25.2 Å². The van der Waals surface area contributed by atoms with Crippen molar-refractivity contribution in [2.45, 2.75) is 25.8 Å². The van der Waals surface area contributed by atoms with Crippen LogP contribution in [0.25, 0.3) is 0 Å². The molecule has 1 aromatic rings. The molecule has 0 radical (unpaired) electrons. The molecule has 0 amide bonds. The Morgan fingerprint density at radius 1 is 1.61 bits per heavy atom. The molecule has 1 atom stereocenters. The molecule has 1 unspecified atom stereocenters. The number of anilines is 1. The molecule has 5 nitrogen and oxygen atoms in total. The number of esters is 1. The zero-order valence-corrected chi connectivity index (χ0v) is 10.6. The largest absolute Gasteiger partial charge is 0.462 e. The van der Waals surface area contributed by atoms with E-state index >= 15 is 0 Å². The van der Waals surface area contributed by atoms with Gasteiger partial charge in [0.1, 0.15) is 5.82 Å². The number of ether oxygens (including phenoxy) is 1. The number of nitrogens with two attached hydrogens (primary N) is 1. The van der Waals surface area contributed by atoms with Gasteiger partial charge in [0.2, 0.25) is 0 Å². The van der Waals surface area contributed by atoms with E-state index in [4.69, 9.17) is 10.5 Å². The molecular weight excluding hydrogens is 230 g/mol. The van der Waals surface area contributed by atoms with Gasteiger partial charge in [0.05, 0.1) is 12.2 Å². The summed E-state index contributed by atoms with van der Waals surface area (Å²) in [5.74, 6) is 0.560. The minimum Gasteiger partial charge on any atom is -0.462 e. The SMILES string of the molecule is CCOC(=O)c1ccc(N2CCCC2CN)nc1. The van der Waals surface area contributed by atoms with Crippen LogP contribution in [0.4, 0.5) is 5.82 Å². The molecule has 1 aliphatic heterocycles. The average Bonchev–Trinajstić information content (AvgIpc) is 2.87. The van der Waals surface area contributed by atoms with Crippen LogP contribution in [0.5, 0.6) is 0 Å². The summed E-state index contributed by atoms with van der Waals surface area (Å²) in [5.41, 5.74) is 6.23. The molecule has 18 heavy (non-hydrogen) atoms. The van der Waals surface area contributed by atoms with Crippen molar-refractivity contribution in [3.05, 3.63) is 23.9 Å². The topological polar surface area (TPSA) is 68.5 Å². The van der Waals surface area contributed by atoms with Gasteiger partial charge in [-0.1, -0.05) is 0 Å². The van der Waals surface area contributed by atoms with Crippen molar-refractivity contribution in [2.24, 2.45) is 5.73 Å². The highest BCUT2D eigenvalue weighted by atomic mass is 16.5. The molecule has 0 spiro atoms. The predicted molar refractivity (Wildman–Crippen MR) is 69.6 cm³/mol. The second-order valence-corrected chi connectivity index (χ2v) is 4.35. The van der Waals surface area contributed by atoms with E-state index in [9.17, 15) is 4.79 Å². The highest BCUT2D eigenvalue weighted by Gasteiger charge is 2.24. The number of hydrogen-bond donors (Lipinski definition) is 1. The minimum absolute atomic E-state index is 0.326. The van der Waals surface area contributed by atoms with Gasteiger partial charge in [0.25, 0.3) is 0 Å². The van der Waals surface area contributed by atoms with Crippen molar-refractivity contribution >= 4 is 11.8 Å². The molecule has 1 aliphatic rings. The maximum absolute atomic E-state index is 11.5. The zero-order chi connectivity index (χ0) is 13.0. The lowest BCUT2D eigenvalue weighted by Gasteiger charge is -2.24. The summed E-state index contributed by atoms with van der Waals surface area (Å²) < 4.78 is 4.92. The molecule has 2 N–H and O–H groups in total. The van der Waals surface area contributed by atoms with E-state index in [0.29, 0.717) is 24.8 Å². The molecule has 0 aromatic carbocycles. The van der Waals surface area contributed by atoms with Gasteiger partial charge in [-0.25, -0.2) is 9.78 Å². The second-order valence-electron chi connectivity index (χ2n) is 4.35. The van der Waals surface area contributed by atoms with Crippen LogP contribution >= 0.6 is 0 Å². The highest BCUT2D eigenvalue weighted by Crippen LogP contribution is 2.23. The number of nitrogens with zero attached hydrogens (tertiary/aromatic N) is 2. The predicted octanol–water partition coefficient (Wildman–Crippen LogP) is 1.19. The van der Waals surface area contributed by atoms with Crippen molar-refractivity contribution in [3.63, 3.8) is 0 Å². The number of rotatable bonds is 4. The van der Waals surface area contributed by atoms with Crippen LogP contribution in [0.3, 0.4) is 0 Å². The Balaban J connectivity index is 2.10. The van der Waals surface area contributed by atoms with Crippen LogP contribution in [0.2, 0.25) is 0 Å². The van der Waals surface area contributed by atoms with Crippen molar-refractivity contribution in [1.82, 2.24) is 4.98 Å². The van der Waals surface area contributed by atoms with E-state index in [1.807, 2.05) is 6.07 Å². The van der Waals surface area contributed by atoms with E-state index < -0.39 is 0 Å². The van der Waals surface area contributed by atoms with Crippen molar-refractivity contribution in [3.8, 4) is 0 Å². The van der Waals surface area contributed by atoms with Crippen LogP contribution in [0.15, 0.2) is 18.3 Å². The van der Waals surface area contributed by atoms with Crippen LogP contribution < -0.4 is 10.6 Å². The van der Waals surface area contributed by atoms with E-state index in [2.05, 4.69) is 9.88 Å². The Bertz CT molecular complexity index is 405. The number of aromatic nitrogens is 1. The molecule has 0 saturated carbocycles. The summed E-state index contributed by atoms with van der Waals surface area (Å²) >= 11 is 0. The Hall–Kier alpha value is -1.62. The molecule has 1 saturated heterocycles. The van der Waals surface area contributed by atoms with Gasteiger partial charge < -0.3 is 15.4 Å². The van der Waals surface area contributed by atoms with Crippen molar-refractivity contribution in [1.29, 1.82) is 0 Å². The molecular formula is C13H19N3O2. The van der Waals surface area contributed by atoms with Crippen molar-refractivity contribution < 1.29 is 9.53 Å². The molecule has 1 aromatic heterocycles. The quantitative estimate of drug-likeness (QED) is 0.812. The molecule has 98 valence electrons. The summed E-state index contributed by atoms with van der Waals surface area (Å²) in [6.07, 6.45) is 3.82. The Morgan fingerprint density at radius 3 is 3.06 bits per heavy atom. The second kappa shape index (κ2) is 5.82. The maximum Gasteiger partial charge on any atom is 0.339 e. The Kier molecular flexibility index (Phi) is 4.15. The number of carbonyl (C=O) groups is 1. The summed E-state index contributed by atoms with van der Waals surface area (Å²) in [6, 6.07) is 3.98. The van der Waals surface area contributed by atoms with Gasteiger partial charge >= 0.3 is 5.97 Å². The first-order valence-corrected chi connectivity index (χ1v) is 6.36. The molecule has 2 rings (SSSR count). The average molecular weight is 249 g/mol. The van der Waals surface area contributed by atoms with Crippen LogP contribution in [-0.4, -0.2) is 36.7 Å². The summed E-state index contributed by atoms with van der Waals surface area (Å²) in [4.78, 5) is 18.0. The van der Waals surface area contributed by atoms with Crippen LogP contribution in [0.1, 0.15) is 30.1 Å². The summed E-state index contributed by atoms with van der Waals surface area (Å²) in [6.45, 7) is 3.78. The van der Waals surface area contributed by atoms with Gasteiger partial charge in [-0.2, -0.15) is 0 Å². The first kappa shape index (κ1) is 12.8. The number of carbonyl (C=O) groups excluding carboxylic acids is 1. The third-order valence-corrected chi connectivity index (χ3v) is 3.20. The van der Waals surface area contributed by atoms with E-state index in [1.54, 1.807) is 19.2 Å². The van der Waals surface area contributed by atoms with Gasteiger partial charge in [-0.3, -0.25) is 0 Å². The highest BCUT2D eigenvalue weighted by molar-refractivity contribution is 5.89. The van der Waals surface area contributed by atoms with Crippen molar-refractivity contribution in [2.75, 3.05) is 24.6 Å². The monoisotopic (exact) mass is 249 g/mol. The van der Waals surface area contributed by atoms with Crippen LogP contribution in [0, 0.1) is 0 Å². The lowest BCUT2D eigenvalue weighted by molar-refractivity contribution is 0.0526. The zero-order valence-electron chi connectivity index (χ0n) is 10.6. The van der Waals surface area contributed by atoms with E-state index in [1.165, 1.54) is 0 Å². The third-order valence-electron chi connectivity index (χ3n) is 3.20. The Labute approximate surface area is 107 Å². The fourth-order valence-corrected chi connectivity index (χ4v) is 2.27. The molecule has 5 heteroatoms. The number of hydrogen-bond acceptors (Lipinski definition) is 5. The summed E-state index contributed by atoms with van der Waals surface area (Å²) in [7, 11) is 0. The van der Waals surface area contributed by atoms with E-state index in [-0.39, 0.29) is 5.97 Å². The lowest BCUT2D eigenvalue weighted by atomic mass is 10.2. The first-order chi connectivity index (χ1) is 8.76. The number of pyridine rings is 1. The fraction of sp³-hybridized carbons (Fsp3) is 0.538. The molecule has 1 fully saturated rings. The normalized spacial score (nSPS) is 19.0. The lowest BCUT2D eigenvalue weighted by Crippen LogP contribution is -2.35. The smallest absolute Gasteiger partial charge is 0.339 e. The van der Waals surface area contributed by atoms with Gasteiger partial charge in [-0.15, -0.1) is 0 Å². The minimum atomic E-state index is -0.326. The Morgan fingerprint density at radius 2 is 2.44 bits per heavy atom. The molecule has 2 heterocycles.